The Morgan fingerprint density at radius 1 is 1.09 bits per heavy atom. The molecular weight excluding hydrogens is 344 g/mol. The topological polar surface area (TPSA) is 68.0 Å². The highest BCUT2D eigenvalue weighted by atomic mass is 35.5. The van der Waals surface area contributed by atoms with E-state index in [1.807, 2.05) is 0 Å². The number of nitrogens with zero attached hydrogens (tertiary/aromatic N) is 2. The van der Waals surface area contributed by atoms with Gasteiger partial charge in [0.2, 0.25) is 5.89 Å². The lowest BCUT2D eigenvalue weighted by Gasteiger charge is -2.04. The van der Waals surface area contributed by atoms with Gasteiger partial charge >= 0.3 is 11.8 Å². The van der Waals surface area contributed by atoms with Crippen LogP contribution in [-0.4, -0.2) is 16.1 Å². The lowest BCUT2D eigenvalue weighted by Crippen LogP contribution is -2.12. The van der Waals surface area contributed by atoms with E-state index in [-0.39, 0.29) is 22.6 Å². The summed E-state index contributed by atoms with van der Waals surface area (Å²) in [6, 6.07) is 10.1. The predicted molar refractivity (Wildman–Crippen MR) is 84.1 cm³/mol. The standard InChI is InChI=1S/C15H8Cl2FN3O2/c16-9-3-6-12(11(17)7-9)19-13(22)15-21-20-14(23-15)8-1-4-10(18)5-2-8/h1-7H,(H,19,22). The van der Waals surface area contributed by atoms with Crippen molar-refractivity contribution in [1.82, 2.24) is 10.2 Å². The maximum atomic E-state index is 12.9. The average Bonchev–Trinajstić information content (AvgIpc) is 3.01. The third-order valence-electron chi connectivity index (χ3n) is 2.89. The minimum atomic E-state index is -0.616. The molecule has 0 unspecified atom stereocenters. The SMILES string of the molecule is O=C(Nc1ccc(Cl)cc1Cl)c1nnc(-c2ccc(F)cc2)o1. The molecule has 1 heterocycles. The zero-order valence-electron chi connectivity index (χ0n) is 11.4. The van der Waals surface area contributed by atoms with Crippen LogP contribution in [0.5, 0.6) is 0 Å². The van der Waals surface area contributed by atoms with Gasteiger partial charge in [0, 0.05) is 10.6 Å². The van der Waals surface area contributed by atoms with Crippen LogP contribution in [0.15, 0.2) is 46.9 Å². The van der Waals surface area contributed by atoms with Crippen molar-refractivity contribution in [2.45, 2.75) is 0 Å². The Bertz CT molecular complexity index is 865. The largest absolute Gasteiger partial charge is 0.412 e. The number of benzene rings is 2. The highest BCUT2D eigenvalue weighted by molar-refractivity contribution is 6.36. The monoisotopic (exact) mass is 351 g/mol. The summed E-state index contributed by atoms with van der Waals surface area (Å²) in [5.41, 5.74) is 0.866. The summed E-state index contributed by atoms with van der Waals surface area (Å²) < 4.78 is 18.2. The second-order valence-electron chi connectivity index (χ2n) is 4.50. The minimum Gasteiger partial charge on any atom is -0.412 e. The van der Waals surface area contributed by atoms with Crippen molar-refractivity contribution in [2.75, 3.05) is 5.32 Å². The molecule has 0 spiro atoms. The molecule has 0 aliphatic heterocycles. The number of amides is 1. The van der Waals surface area contributed by atoms with Gasteiger partial charge in [0.1, 0.15) is 5.82 Å². The number of nitrogens with one attached hydrogen (secondary N) is 1. The number of aromatic nitrogens is 2. The van der Waals surface area contributed by atoms with Crippen LogP contribution in [0.3, 0.4) is 0 Å². The maximum Gasteiger partial charge on any atom is 0.313 e. The second kappa shape index (κ2) is 6.36. The van der Waals surface area contributed by atoms with Gasteiger partial charge in [-0.25, -0.2) is 4.39 Å². The van der Waals surface area contributed by atoms with Crippen LogP contribution in [-0.2, 0) is 0 Å². The Morgan fingerprint density at radius 2 is 1.83 bits per heavy atom. The van der Waals surface area contributed by atoms with Gasteiger partial charge in [-0.15, -0.1) is 10.2 Å². The third kappa shape index (κ3) is 3.49. The van der Waals surface area contributed by atoms with E-state index >= 15 is 0 Å². The van der Waals surface area contributed by atoms with Crippen molar-refractivity contribution >= 4 is 34.8 Å². The molecule has 1 N–H and O–H groups in total. The molecule has 0 aliphatic rings. The first-order chi connectivity index (χ1) is 11.0. The molecule has 0 bridgehead atoms. The fraction of sp³-hybridized carbons (Fsp3) is 0. The molecule has 0 atom stereocenters. The molecule has 5 nitrogen and oxygen atoms in total. The van der Waals surface area contributed by atoms with Crippen LogP contribution < -0.4 is 5.32 Å². The van der Waals surface area contributed by atoms with Crippen LogP contribution in [0.1, 0.15) is 10.7 Å². The smallest absolute Gasteiger partial charge is 0.313 e. The molecule has 0 saturated carbocycles. The van der Waals surface area contributed by atoms with Crippen molar-refractivity contribution in [1.29, 1.82) is 0 Å². The van der Waals surface area contributed by atoms with Crippen LogP contribution >= 0.6 is 23.2 Å². The average molecular weight is 352 g/mol. The van der Waals surface area contributed by atoms with Gasteiger partial charge in [-0.1, -0.05) is 23.2 Å². The second-order valence-corrected chi connectivity index (χ2v) is 5.34. The summed E-state index contributed by atoms with van der Waals surface area (Å²) >= 11 is 11.8. The molecule has 8 heteroatoms. The first kappa shape index (κ1) is 15.5. The van der Waals surface area contributed by atoms with E-state index in [9.17, 15) is 9.18 Å². The van der Waals surface area contributed by atoms with Gasteiger partial charge in [0.15, 0.2) is 0 Å². The lowest BCUT2D eigenvalue weighted by molar-refractivity contribution is 0.0991. The number of hydrogen-bond acceptors (Lipinski definition) is 4. The Hall–Kier alpha value is -2.44. The zero-order valence-corrected chi connectivity index (χ0v) is 12.9. The van der Waals surface area contributed by atoms with Gasteiger partial charge in [-0.3, -0.25) is 4.79 Å². The summed E-state index contributed by atoms with van der Waals surface area (Å²) in [5, 5.41) is 10.7. The first-order valence-electron chi connectivity index (χ1n) is 6.39. The molecule has 1 aromatic heterocycles. The van der Waals surface area contributed by atoms with Gasteiger partial charge in [0.25, 0.3) is 0 Å². The van der Waals surface area contributed by atoms with E-state index in [0.29, 0.717) is 16.3 Å². The van der Waals surface area contributed by atoms with E-state index in [2.05, 4.69) is 15.5 Å². The molecule has 0 radical (unpaired) electrons. The lowest BCUT2D eigenvalue weighted by atomic mass is 10.2. The molecule has 116 valence electrons. The highest BCUT2D eigenvalue weighted by Crippen LogP contribution is 2.26. The number of anilines is 1. The predicted octanol–water partition coefficient (Wildman–Crippen LogP) is 4.43. The summed E-state index contributed by atoms with van der Waals surface area (Å²) in [6.07, 6.45) is 0. The Kier molecular flexibility index (Phi) is 4.27. The number of rotatable bonds is 3. The Morgan fingerprint density at radius 3 is 2.52 bits per heavy atom. The molecule has 3 rings (SSSR count). The van der Waals surface area contributed by atoms with Crippen molar-refractivity contribution in [3.05, 3.63) is 64.2 Å². The molecule has 0 saturated heterocycles. The van der Waals surface area contributed by atoms with E-state index in [1.54, 1.807) is 12.1 Å². The molecule has 0 fully saturated rings. The Labute approximate surface area is 140 Å². The molecular formula is C15H8Cl2FN3O2. The number of halogens is 3. The van der Waals surface area contributed by atoms with E-state index < -0.39 is 5.91 Å². The summed E-state index contributed by atoms with van der Waals surface area (Å²) in [5.74, 6) is -1.13. The van der Waals surface area contributed by atoms with Crippen LogP contribution in [0, 0.1) is 5.82 Å². The first-order valence-corrected chi connectivity index (χ1v) is 7.14. The van der Waals surface area contributed by atoms with Gasteiger partial charge in [-0.05, 0) is 42.5 Å². The normalized spacial score (nSPS) is 10.6. The number of carbonyl (C=O) groups is 1. The molecule has 2 aromatic carbocycles. The molecule has 1 amide bonds. The van der Waals surface area contributed by atoms with Gasteiger partial charge < -0.3 is 9.73 Å². The van der Waals surface area contributed by atoms with Crippen LogP contribution in [0.25, 0.3) is 11.5 Å². The molecule has 3 aromatic rings. The maximum absolute atomic E-state index is 12.9. The van der Waals surface area contributed by atoms with Gasteiger partial charge in [0.05, 0.1) is 10.7 Å². The summed E-state index contributed by atoms with van der Waals surface area (Å²) in [6.45, 7) is 0. The quantitative estimate of drug-likeness (QED) is 0.757. The minimum absolute atomic E-state index is 0.109. The van der Waals surface area contributed by atoms with Crippen molar-refractivity contribution < 1.29 is 13.6 Å². The zero-order chi connectivity index (χ0) is 16.4. The molecule has 23 heavy (non-hydrogen) atoms. The van der Waals surface area contributed by atoms with Crippen molar-refractivity contribution in [3.63, 3.8) is 0 Å². The third-order valence-corrected chi connectivity index (χ3v) is 3.44. The highest BCUT2D eigenvalue weighted by Gasteiger charge is 2.17. The fourth-order valence-corrected chi connectivity index (χ4v) is 2.25. The van der Waals surface area contributed by atoms with Crippen molar-refractivity contribution in [3.8, 4) is 11.5 Å². The molecule has 0 aliphatic carbocycles. The van der Waals surface area contributed by atoms with E-state index in [0.717, 1.165) is 0 Å². The summed E-state index contributed by atoms with van der Waals surface area (Å²) in [4.78, 5) is 12.1. The van der Waals surface area contributed by atoms with Gasteiger partial charge in [-0.2, -0.15) is 0 Å². The Balaban J connectivity index is 1.79. The van der Waals surface area contributed by atoms with E-state index in [1.165, 1.54) is 30.3 Å². The van der Waals surface area contributed by atoms with E-state index in [4.69, 9.17) is 27.6 Å². The number of hydrogen-bond donors (Lipinski definition) is 1. The van der Waals surface area contributed by atoms with Crippen molar-refractivity contribution in [2.24, 2.45) is 0 Å². The summed E-state index contributed by atoms with van der Waals surface area (Å²) in [7, 11) is 0. The fourth-order valence-electron chi connectivity index (χ4n) is 1.79. The van der Waals surface area contributed by atoms with Crippen LogP contribution in [0.4, 0.5) is 10.1 Å². The number of carbonyl (C=O) groups excluding carboxylic acids is 1. The van der Waals surface area contributed by atoms with Crippen LogP contribution in [0.2, 0.25) is 10.0 Å².